The van der Waals surface area contributed by atoms with Crippen LogP contribution in [0.25, 0.3) is 33.6 Å². The van der Waals surface area contributed by atoms with Gasteiger partial charge in [0, 0.05) is 11.1 Å². The van der Waals surface area contributed by atoms with E-state index in [9.17, 15) is 4.79 Å². The van der Waals surface area contributed by atoms with Gasteiger partial charge in [0.1, 0.15) is 11.5 Å². The molecule has 2 aromatic heterocycles. The minimum Gasteiger partial charge on any atom is -0.455 e. The van der Waals surface area contributed by atoms with Crippen molar-refractivity contribution in [1.82, 2.24) is 9.66 Å². The average molecular weight is 416 g/mol. The molecular formula is C26H16N4O2. The Labute approximate surface area is 183 Å². The van der Waals surface area contributed by atoms with Gasteiger partial charge < -0.3 is 4.42 Å². The van der Waals surface area contributed by atoms with Crippen molar-refractivity contribution in [3.63, 3.8) is 0 Å². The average Bonchev–Trinajstić information content (AvgIpc) is 3.33. The van der Waals surface area contributed by atoms with Crippen molar-refractivity contribution in [2.75, 3.05) is 0 Å². The second-order valence-corrected chi connectivity index (χ2v) is 7.07. The molecule has 0 saturated heterocycles. The summed E-state index contributed by atoms with van der Waals surface area (Å²) in [6, 6.07) is 29.5. The van der Waals surface area contributed by atoms with Crippen LogP contribution in [0.5, 0.6) is 0 Å². The van der Waals surface area contributed by atoms with Gasteiger partial charge in [-0.2, -0.15) is 15.0 Å². The highest BCUT2D eigenvalue weighted by molar-refractivity contribution is 5.81. The lowest BCUT2D eigenvalue weighted by Crippen LogP contribution is -2.20. The first-order chi connectivity index (χ1) is 15.7. The van der Waals surface area contributed by atoms with Crippen LogP contribution in [0.1, 0.15) is 11.3 Å². The van der Waals surface area contributed by atoms with Crippen LogP contribution in [-0.2, 0) is 0 Å². The van der Waals surface area contributed by atoms with Crippen LogP contribution in [0.2, 0.25) is 0 Å². The summed E-state index contributed by atoms with van der Waals surface area (Å²) >= 11 is 0. The first-order valence-corrected chi connectivity index (χ1v) is 9.95. The lowest BCUT2D eigenvalue weighted by molar-refractivity contribution is 0.574. The van der Waals surface area contributed by atoms with Crippen molar-refractivity contribution in [2.24, 2.45) is 5.10 Å². The number of aromatic nitrogens is 2. The summed E-state index contributed by atoms with van der Waals surface area (Å²) in [7, 11) is 0. The van der Waals surface area contributed by atoms with Crippen LogP contribution >= 0.6 is 0 Å². The van der Waals surface area contributed by atoms with Crippen LogP contribution in [0, 0.1) is 11.3 Å². The fourth-order valence-electron chi connectivity index (χ4n) is 3.41. The number of para-hydroxylation sites is 1. The Bertz CT molecular complexity index is 1540. The van der Waals surface area contributed by atoms with Crippen molar-refractivity contribution in [3.05, 3.63) is 113 Å². The number of hydrogen-bond donors (Lipinski definition) is 0. The minimum atomic E-state index is -0.260. The van der Waals surface area contributed by atoms with E-state index in [-0.39, 0.29) is 5.56 Å². The summed E-state index contributed by atoms with van der Waals surface area (Å²) in [6.07, 6.45) is 1.50. The molecule has 0 saturated carbocycles. The molecule has 6 heteroatoms. The third-order valence-electron chi connectivity index (χ3n) is 5.01. The van der Waals surface area contributed by atoms with Gasteiger partial charge in [0.15, 0.2) is 5.82 Å². The molecule has 5 rings (SSSR count). The lowest BCUT2D eigenvalue weighted by Gasteiger charge is -2.09. The Morgan fingerprint density at radius 1 is 0.875 bits per heavy atom. The third kappa shape index (κ3) is 3.59. The molecule has 0 spiro atoms. The summed E-state index contributed by atoms with van der Waals surface area (Å²) in [5.74, 6) is 1.58. The molecule has 0 bridgehead atoms. The molecule has 0 atom stereocenters. The van der Waals surface area contributed by atoms with Crippen LogP contribution in [0.15, 0.2) is 105 Å². The number of hydrogen-bond acceptors (Lipinski definition) is 5. The fourth-order valence-corrected chi connectivity index (χ4v) is 3.41. The van der Waals surface area contributed by atoms with Crippen molar-refractivity contribution in [2.45, 2.75) is 0 Å². The van der Waals surface area contributed by atoms with Crippen molar-refractivity contribution >= 4 is 17.1 Å². The lowest BCUT2D eigenvalue weighted by atomic mass is 10.1. The molecule has 6 nitrogen and oxygen atoms in total. The Balaban J connectivity index is 1.56. The molecule has 0 aliphatic rings. The van der Waals surface area contributed by atoms with E-state index in [0.29, 0.717) is 33.8 Å². The fraction of sp³-hybridized carbons (Fsp3) is 0. The molecule has 5 aromatic rings. The molecule has 0 amide bonds. The summed E-state index contributed by atoms with van der Waals surface area (Å²) in [5, 5.41) is 13.9. The van der Waals surface area contributed by atoms with Gasteiger partial charge in [-0.25, -0.2) is 4.98 Å². The summed E-state index contributed by atoms with van der Waals surface area (Å²) in [5.41, 5.74) is 2.57. The maximum absolute atomic E-state index is 13.2. The molecule has 0 aliphatic heterocycles. The molecule has 0 radical (unpaired) electrons. The van der Waals surface area contributed by atoms with Gasteiger partial charge in [0.05, 0.1) is 28.8 Å². The molecule has 0 aliphatic carbocycles. The number of fused-ring (bicyclic) bond motifs is 1. The van der Waals surface area contributed by atoms with Crippen LogP contribution in [0.4, 0.5) is 0 Å². The maximum atomic E-state index is 13.2. The highest BCUT2D eigenvalue weighted by Gasteiger charge is 2.12. The zero-order chi connectivity index (χ0) is 21.9. The van der Waals surface area contributed by atoms with Gasteiger partial charge in [-0.3, -0.25) is 4.79 Å². The van der Waals surface area contributed by atoms with Crippen molar-refractivity contribution in [1.29, 1.82) is 5.26 Å². The predicted octanol–water partition coefficient (Wildman–Crippen LogP) is 5.08. The minimum absolute atomic E-state index is 0.260. The molecule has 152 valence electrons. The molecule has 32 heavy (non-hydrogen) atoms. The van der Waals surface area contributed by atoms with E-state index in [1.54, 1.807) is 30.3 Å². The van der Waals surface area contributed by atoms with Crippen LogP contribution < -0.4 is 5.56 Å². The molecule has 0 unspecified atom stereocenters. The van der Waals surface area contributed by atoms with Gasteiger partial charge in [-0.05, 0) is 48.5 Å². The second-order valence-electron chi connectivity index (χ2n) is 7.07. The van der Waals surface area contributed by atoms with Crippen LogP contribution in [0.3, 0.4) is 0 Å². The Hall–Kier alpha value is -4.76. The summed E-state index contributed by atoms with van der Waals surface area (Å²) in [4.78, 5) is 17.9. The monoisotopic (exact) mass is 416 g/mol. The predicted molar refractivity (Wildman–Crippen MR) is 123 cm³/mol. The number of benzene rings is 3. The van der Waals surface area contributed by atoms with Crippen molar-refractivity contribution < 1.29 is 4.42 Å². The zero-order valence-corrected chi connectivity index (χ0v) is 16.8. The van der Waals surface area contributed by atoms with Gasteiger partial charge in [-0.1, -0.05) is 42.5 Å². The van der Waals surface area contributed by atoms with Gasteiger partial charge in [-0.15, -0.1) is 0 Å². The summed E-state index contributed by atoms with van der Waals surface area (Å²) in [6.45, 7) is 0. The van der Waals surface area contributed by atoms with Crippen LogP contribution in [-0.4, -0.2) is 15.9 Å². The third-order valence-corrected chi connectivity index (χ3v) is 5.01. The summed E-state index contributed by atoms with van der Waals surface area (Å²) < 4.78 is 7.16. The number of nitriles is 1. The molecule has 3 aromatic carbocycles. The zero-order valence-electron chi connectivity index (χ0n) is 16.8. The molecule has 2 heterocycles. The molecular weight excluding hydrogens is 400 g/mol. The topological polar surface area (TPSA) is 84.2 Å². The quantitative estimate of drug-likeness (QED) is 0.383. The van der Waals surface area contributed by atoms with E-state index in [2.05, 4.69) is 16.2 Å². The smallest absolute Gasteiger partial charge is 0.282 e. The van der Waals surface area contributed by atoms with Gasteiger partial charge in [0.25, 0.3) is 5.56 Å². The van der Waals surface area contributed by atoms with E-state index in [1.165, 1.54) is 10.9 Å². The number of nitrogens with zero attached hydrogens (tertiary/aromatic N) is 4. The van der Waals surface area contributed by atoms with E-state index in [4.69, 9.17) is 9.68 Å². The maximum Gasteiger partial charge on any atom is 0.282 e. The highest BCUT2D eigenvalue weighted by atomic mass is 16.3. The second kappa shape index (κ2) is 8.17. The van der Waals surface area contributed by atoms with E-state index >= 15 is 0 Å². The van der Waals surface area contributed by atoms with E-state index in [1.807, 2.05) is 60.7 Å². The largest absolute Gasteiger partial charge is 0.455 e. The van der Waals surface area contributed by atoms with Crippen molar-refractivity contribution in [3.8, 4) is 28.8 Å². The van der Waals surface area contributed by atoms with E-state index in [0.717, 1.165) is 11.1 Å². The first kappa shape index (κ1) is 19.2. The van der Waals surface area contributed by atoms with Gasteiger partial charge >= 0.3 is 0 Å². The Kier molecular flexibility index (Phi) is 4.91. The number of rotatable bonds is 4. The SMILES string of the molecule is N#Cc1ccc(-c2ccc(C=Nn3c(-c4ccccc4)nc4ccccc4c3=O)o2)cc1. The normalized spacial score (nSPS) is 11.1. The Morgan fingerprint density at radius 2 is 1.62 bits per heavy atom. The highest BCUT2D eigenvalue weighted by Crippen LogP contribution is 2.22. The van der Waals surface area contributed by atoms with Gasteiger partial charge in [0.2, 0.25) is 0 Å². The first-order valence-electron chi connectivity index (χ1n) is 9.95. The molecule has 0 N–H and O–H groups in total. The number of furan rings is 1. The van der Waals surface area contributed by atoms with E-state index < -0.39 is 0 Å². The molecule has 0 fully saturated rings. The Morgan fingerprint density at radius 3 is 2.41 bits per heavy atom. The standard InChI is InChI=1S/C26H16N4O2/c27-16-18-10-12-19(13-11-18)24-15-14-21(32-24)17-28-30-25(20-6-2-1-3-7-20)29-23-9-5-4-8-22(23)26(30)31/h1-15,17H.